The Hall–Kier alpha value is -2.56. The van der Waals surface area contributed by atoms with E-state index < -0.39 is 5.97 Å². The second-order valence-corrected chi connectivity index (χ2v) is 4.76. The van der Waals surface area contributed by atoms with Gasteiger partial charge in [-0.05, 0) is 22.9 Å². The number of amides is 1. The van der Waals surface area contributed by atoms with Crippen molar-refractivity contribution < 1.29 is 19.1 Å². The van der Waals surface area contributed by atoms with E-state index >= 15 is 0 Å². The Labute approximate surface area is 123 Å². The lowest BCUT2D eigenvalue weighted by Gasteiger charge is -2.12. The van der Waals surface area contributed by atoms with Crippen LogP contribution in [0.5, 0.6) is 5.75 Å². The Morgan fingerprint density at radius 1 is 1.10 bits per heavy atom. The predicted molar refractivity (Wildman–Crippen MR) is 79.5 cm³/mol. The Kier molecular flexibility index (Phi) is 4.42. The number of hydrogen-bond acceptors (Lipinski definition) is 4. The number of carbonyl (C=O) groups is 2. The second-order valence-electron chi connectivity index (χ2n) is 4.76. The van der Waals surface area contributed by atoms with Gasteiger partial charge in [0.05, 0.1) is 7.11 Å². The zero-order valence-corrected chi connectivity index (χ0v) is 12.3. The molecule has 0 saturated carbocycles. The number of likely N-dealkylation sites (N-methyl/N-ethyl adjacent to an activating group) is 1. The van der Waals surface area contributed by atoms with E-state index in [0.717, 1.165) is 10.8 Å². The van der Waals surface area contributed by atoms with Gasteiger partial charge >= 0.3 is 5.97 Å². The highest BCUT2D eigenvalue weighted by atomic mass is 16.5. The number of carbonyl (C=O) groups excluding carboxylic acids is 2. The highest BCUT2D eigenvalue weighted by Gasteiger charge is 2.17. The van der Waals surface area contributed by atoms with Crippen LogP contribution in [0.2, 0.25) is 0 Å². The minimum atomic E-state index is -0.576. The molecule has 21 heavy (non-hydrogen) atoms. The fourth-order valence-corrected chi connectivity index (χ4v) is 1.88. The Bertz CT molecular complexity index is 679. The minimum absolute atomic E-state index is 0.275. The molecule has 2 rings (SSSR count). The standard InChI is InChI=1S/C16H17NO4/c1-17(2)15(18)10-21-16(19)13-8-11-6-4-5-7-12(11)9-14(13)20-3/h4-9H,10H2,1-3H3. The number of nitrogens with zero attached hydrogens (tertiary/aromatic N) is 1. The van der Waals surface area contributed by atoms with Crippen LogP contribution in [0.1, 0.15) is 10.4 Å². The number of esters is 1. The molecule has 2 aromatic carbocycles. The van der Waals surface area contributed by atoms with E-state index in [4.69, 9.17) is 9.47 Å². The number of hydrogen-bond donors (Lipinski definition) is 0. The predicted octanol–water partition coefficient (Wildman–Crippen LogP) is 2.09. The van der Waals surface area contributed by atoms with E-state index in [-0.39, 0.29) is 12.5 Å². The lowest BCUT2D eigenvalue weighted by atomic mass is 10.1. The summed E-state index contributed by atoms with van der Waals surface area (Å²) in [6.45, 7) is -0.290. The molecule has 0 unspecified atom stereocenters. The molecule has 0 aliphatic carbocycles. The molecule has 110 valence electrons. The van der Waals surface area contributed by atoms with Crippen LogP contribution in [-0.2, 0) is 9.53 Å². The van der Waals surface area contributed by atoms with E-state index in [0.29, 0.717) is 11.3 Å². The molecule has 0 spiro atoms. The van der Waals surface area contributed by atoms with Crippen LogP contribution in [-0.4, -0.2) is 44.6 Å². The maximum atomic E-state index is 12.1. The third-order valence-corrected chi connectivity index (χ3v) is 3.11. The van der Waals surface area contributed by atoms with Gasteiger partial charge in [0.15, 0.2) is 6.61 Å². The second kappa shape index (κ2) is 6.26. The van der Waals surface area contributed by atoms with Gasteiger partial charge in [-0.15, -0.1) is 0 Å². The average Bonchev–Trinajstić information content (AvgIpc) is 2.50. The summed E-state index contributed by atoms with van der Waals surface area (Å²) in [6.07, 6.45) is 0. The molecule has 0 saturated heterocycles. The number of fused-ring (bicyclic) bond motifs is 1. The van der Waals surface area contributed by atoms with Crippen molar-refractivity contribution in [3.05, 3.63) is 42.0 Å². The van der Waals surface area contributed by atoms with Crippen molar-refractivity contribution >= 4 is 22.6 Å². The van der Waals surface area contributed by atoms with Crippen LogP contribution in [0, 0.1) is 0 Å². The van der Waals surface area contributed by atoms with Crippen molar-refractivity contribution in [2.24, 2.45) is 0 Å². The van der Waals surface area contributed by atoms with Gasteiger partial charge in [-0.25, -0.2) is 4.79 Å². The molecule has 2 aromatic rings. The fourth-order valence-electron chi connectivity index (χ4n) is 1.88. The maximum Gasteiger partial charge on any atom is 0.342 e. The highest BCUT2D eigenvalue weighted by Crippen LogP contribution is 2.26. The van der Waals surface area contributed by atoms with Crippen molar-refractivity contribution in [1.82, 2.24) is 4.90 Å². The van der Waals surface area contributed by atoms with Gasteiger partial charge in [-0.2, -0.15) is 0 Å². The first-order valence-electron chi connectivity index (χ1n) is 6.47. The topological polar surface area (TPSA) is 55.8 Å². The molecule has 0 aliphatic heterocycles. The third kappa shape index (κ3) is 3.31. The van der Waals surface area contributed by atoms with Crippen molar-refractivity contribution in [2.45, 2.75) is 0 Å². The fraction of sp³-hybridized carbons (Fsp3) is 0.250. The van der Waals surface area contributed by atoms with Crippen molar-refractivity contribution in [3.63, 3.8) is 0 Å². The van der Waals surface area contributed by atoms with Crippen molar-refractivity contribution in [2.75, 3.05) is 27.8 Å². The first-order valence-corrected chi connectivity index (χ1v) is 6.47. The zero-order chi connectivity index (χ0) is 15.4. The SMILES string of the molecule is COc1cc2ccccc2cc1C(=O)OCC(=O)N(C)C. The Balaban J connectivity index is 2.27. The van der Waals surface area contributed by atoms with Gasteiger partial charge in [-0.3, -0.25) is 4.79 Å². The van der Waals surface area contributed by atoms with E-state index in [2.05, 4.69) is 0 Å². The zero-order valence-electron chi connectivity index (χ0n) is 12.3. The number of rotatable bonds is 4. The van der Waals surface area contributed by atoms with Crippen LogP contribution < -0.4 is 4.74 Å². The lowest BCUT2D eigenvalue weighted by molar-refractivity contribution is -0.131. The van der Waals surface area contributed by atoms with Crippen LogP contribution in [0.15, 0.2) is 36.4 Å². The largest absolute Gasteiger partial charge is 0.496 e. The molecule has 0 aliphatic rings. The van der Waals surface area contributed by atoms with E-state index in [9.17, 15) is 9.59 Å². The van der Waals surface area contributed by atoms with Crippen molar-refractivity contribution in [1.29, 1.82) is 0 Å². The molecule has 0 fully saturated rings. The minimum Gasteiger partial charge on any atom is -0.496 e. The number of ether oxygens (including phenoxy) is 2. The molecule has 5 nitrogen and oxygen atoms in total. The molecule has 0 radical (unpaired) electrons. The van der Waals surface area contributed by atoms with Gasteiger partial charge in [-0.1, -0.05) is 24.3 Å². The quantitative estimate of drug-likeness (QED) is 0.808. The highest BCUT2D eigenvalue weighted by molar-refractivity contribution is 5.99. The molecular formula is C16H17NO4. The van der Waals surface area contributed by atoms with Gasteiger partial charge < -0.3 is 14.4 Å². The summed E-state index contributed by atoms with van der Waals surface area (Å²) in [4.78, 5) is 25.0. The Morgan fingerprint density at radius 3 is 2.29 bits per heavy atom. The molecule has 1 amide bonds. The summed E-state index contributed by atoms with van der Waals surface area (Å²) in [5.41, 5.74) is 0.308. The van der Waals surface area contributed by atoms with E-state index in [1.807, 2.05) is 24.3 Å². The van der Waals surface area contributed by atoms with Crippen molar-refractivity contribution in [3.8, 4) is 5.75 Å². The maximum absolute atomic E-state index is 12.1. The van der Waals surface area contributed by atoms with Gasteiger partial charge in [0, 0.05) is 14.1 Å². The summed E-state index contributed by atoms with van der Waals surface area (Å²) in [6, 6.07) is 11.1. The summed E-state index contributed by atoms with van der Waals surface area (Å²) < 4.78 is 10.3. The van der Waals surface area contributed by atoms with Crippen LogP contribution in [0.25, 0.3) is 10.8 Å². The molecule has 0 atom stereocenters. The summed E-state index contributed by atoms with van der Waals surface area (Å²) in [7, 11) is 4.70. The first kappa shape index (κ1) is 14.8. The van der Waals surface area contributed by atoms with E-state index in [1.54, 1.807) is 26.2 Å². The summed E-state index contributed by atoms with van der Waals surface area (Å²) >= 11 is 0. The summed E-state index contributed by atoms with van der Waals surface area (Å²) in [5.74, 6) is -0.424. The first-order chi connectivity index (χ1) is 10.0. The van der Waals surface area contributed by atoms with Crippen LogP contribution in [0.3, 0.4) is 0 Å². The van der Waals surface area contributed by atoms with Gasteiger partial charge in [0.2, 0.25) is 0 Å². The number of methoxy groups -OCH3 is 1. The van der Waals surface area contributed by atoms with Crippen LogP contribution >= 0.6 is 0 Å². The molecule has 0 aromatic heterocycles. The van der Waals surface area contributed by atoms with Gasteiger partial charge in [0.25, 0.3) is 5.91 Å². The molecule has 0 bridgehead atoms. The monoisotopic (exact) mass is 287 g/mol. The molecule has 5 heteroatoms. The normalized spacial score (nSPS) is 10.2. The van der Waals surface area contributed by atoms with Crippen LogP contribution in [0.4, 0.5) is 0 Å². The van der Waals surface area contributed by atoms with Gasteiger partial charge in [0.1, 0.15) is 11.3 Å². The smallest absolute Gasteiger partial charge is 0.342 e. The lowest BCUT2D eigenvalue weighted by Crippen LogP contribution is -2.27. The number of benzene rings is 2. The molecular weight excluding hydrogens is 270 g/mol. The molecule has 0 heterocycles. The van der Waals surface area contributed by atoms with E-state index in [1.165, 1.54) is 12.0 Å². The third-order valence-electron chi connectivity index (χ3n) is 3.11. The Morgan fingerprint density at radius 2 is 1.71 bits per heavy atom. The summed E-state index contributed by atoms with van der Waals surface area (Å²) in [5, 5.41) is 1.87. The molecule has 0 N–H and O–H groups in total. The average molecular weight is 287 g/mol.